The second kappa shape index (κ2) is 6.19. The van der Waals surface area contributed by atoms with Crippen LogP contribution >= 0.6 is 22.6 Å². The SMILES string of the molecule is Cc1c(C(C)C)c(I)nn1-c1cc2cn(C)nc2cc1OC(F)(F)F. The van der Waals surface area contributed by atoms with E-state index in [1.165, 1.54) is 10.7 Å². The number of hydrogen-bond donors (Lipinski definition) is 0. The van der Waals surface area contributed by atoms with Gasteiger partial charge in [-0.2, -0.15) is 10.2 Å². The highest BCUT2D eigenvalue weighted by atomic mass is 127. The fourth-order valence-electron chi connectivity index (χ4n) is 2.91. The molecule has 25 heavy (non-hydrogen) atoms. The van der Waals surface area contributed by atoms with Crippen molar-refractivity contribution in [1.82, 2.24) is 19.6 Å². The van der Waals surface area contributed by atoms with E-state index in [0.29, 0.717) is 10.9 Å². The van der Waals surface area contributed by atoms with Gasteiger partial charge in [-0.1, -0.05) is 13.8 Å². The highest BCUT2D eigenvalue weighted by Crippen LogP contribution is 2.35. The molecule has 0 saturated heterocycles. The van der Waals surface area contributed by atoms with Gasteiger partial charge in [0.15, 0.2) is 5.75 Å². The quantitative estimate of drug-likeness (QED) is 0.529. The maximum Gasteiger partial charge on any atom is 0.573 e. The minimum atomic E-state index is -4.80. The molecule has 134 valence electrons. The Hall–Kier alpha value is -1.78. The third-order valence-corrected chi connectivity index (χ3v) is 4.65. The van der Waals surface area contributed by atoms with E-state index in [1.807, 2.05) is 20.8 Å². The molecule has 3 aromatic rings. The van der Waals surface area contributed by atoms with Crippen molar-refractivity contribution in [2.24, 2.45) is 7.05 Å². The van der Waals surface area contributed by atoms with Gasteiger partial charge in [0, 0.05) is 36.0 Å². The average molecular weight is 464 g/mol. The second-order valence-electron chi connectivity index (χ2n) is 6.09. The number of hydrogen-bond acceptors (Lipinski definition) is 3. The van der Waals surface area contributed by atoms with Crippen molar-refractivity contribution >= 4 is 33.5 Å². The van der Waals surface area contributed by atoms with Crippen molar-refractivity contribution in [3.63, 3.8) is 0 Å². The van der Waals surface area contributed by atoms with E-state index >= 15 is 0 Å². The molecule has 0 radical (unpaired) electrons. The lowest BCUT2D eigenvalue weighted by molar-refractivity contribution is -0.274. The van der Waals surface area contributed by atoms with Gasteiger partial charge in [-0.3, -0.25) is 4.68 Å². The van der Waals surface area contributed by atoms with Crippen LogP contribution in [0.3, 0.4) is 0 Å². The summed E-state index contributed by atoms with van der Waals surface area (Å²) >= 11 is 2.10. The molecule has 0 bridgehead atoms. The number of ether oxygens (including phenoxy) is 1. The third-order valence-electron chi connectivity index (χ3n) is 3.85. The van der Waals surface area contributed by atoms with Gasteiger partial charge >= 0.3 is 6.36 Å². The lowest BCUT2D eigenvalue weighted by Gasteiger charge is -2.15. The molecule has 2 aromatic heterocycles. The van der Waals surface area contributed by atoms with E-state index in [1.54, 1.807) is 24.0 Å². The zero-order valence-corrected chi connectivity index (χ0v) is 16.2. The Morgan fingerprint density at radius 2 is 1.88 bits per heavy atom. The molecule has 0 aliphatic rings. The van der Waals surface area contributed by atoms with Crippen LogP contribution in [0.5, 0.6) is 5.75 Å². The topological polar surface area (TPSA) is 44.9 Å². The van der Waals surface area contributed by atoms with Crippen molar-refractivity contribution in [1.29, 1.82) is 0 Å². The summed E-state index contributed by atoms with van der Waals surface area (Å²) in [7, 11) is 1.71. The van der Waals surface area contributed by atoms with Gasteiger partial charge in [-0.25, -0.2) is 4.68 Å². The first kappa shape index (κ1) is 18.0. The summed E-state index contributed by atoms with van der Waals surface area (Å²) in [5.74, 6) is -0.120. The van der Waals surface area contributed by atoms with E-state index in [-0.39, 0.29) is 17.4 Å². The Labute approximate surface area is 155 Å². The molecule has 1 aromatic carbocycles. The van der Waals surface area contributed by atoms with Crippen LogP contribution in [-0.2, 0) is 7.05 Å². The van der Waals surface area contributed by atoms with Gasteiger partial charge < -0.3 is 4.74 Å². The number of halogens is 4. The first-order valence-corrected chi connectivity index (χ1v) is 8.63. The fraction of sp³-hybridized carbons (Fsp3) is 0.375. The second-order valence-corrected chi connectivity index (χ2v) is 7.11. The summed E-state index contributed by atoms with van der Waals surface area (Å²) in [5.41, 5.74) is 2.45. The van der Waals surface area contributed by atoms with Crippen molar-refractivity contribution in [3.05, 3.63) is 33.3 Å². The van der Waals surface area contributed by atoms with E-state index in [9.17, 15) is 13.2 Å². The molecule has 0 atom stereocenters. The molecule has 0 aliphatic carbocycles. The molecular formula is C16H16F3IN4O. The fourth-order valence-corrected chi connectivity index (χ4v) is 4.14. The summed E-state index contributed by atoms with van der Waals surface area (Å²) in [6.07, 6.45) is -3.06. The maximum atomic E-state index is 12.9. The van der Waals surface area contributed by atoms with Crippen molar-refractivity contribution in [3.8, 4) is 11.4 Å². The van der Waals surface area contributed by atoms with Crippen LogP contribution in [0.15, 0.2) is 18.3 Å². The predicted octanol–water partition coefficient (Wildman–Crippen LogP) is 4.69. The van der Waals surface area contributed by atoms with Crippen molar-refractivity contribution < 1.29 is 17.9 Å². The van der Waals surface area contributed by atoms with Crippen LogP contribution in [0.4, 0.5) is 13.2 Å². The van der Waals surface area contributed by atoms with E-state index < -0.39 is 6.36 Å². The Bertz CT molecular complexity index is 943. The van der Waals surface area contributed by atoms with Crippen LogP contribution in [0.25, 0.3) is 16.6 Å². The number of fused-ring (bicyclic) bond motifs is 1. The molecule has 0 fully saturated rings. The molecule has 5 nitrogen and oxygen atoms in total. The van der Waals surface area contributed by atoms with Crippen LogP contribution in [-0.4, -0.2) is 25.9 Å². The smallest absolute Gasteiger partial charge is 0.403 e. The largest absolute Gasteiger partial charge is 0.573 e. The van der Waals surface area contributed by atoms with Crippen LogP contribution < -0.4 is 4.74 Å². The van der Waals surface area contributed by atoms with Gasteiger partial charge in [0.1, 0.15) is 9.39 Å². The van der Waals surface area contributed by atoms with Gasteiger partial charge in [0.25, 0.3) is 0 Å². The normalized spacial score (nSPS) is 12.4. The number of alkyl halides is 3. The summed E-state index contributed by atoms with van der Waals surface area (Å²) in [6.45, 7) is 5.89. The minimum Gasteiger partial charge on any atom is -0.403 e. The molecule has 0 aliphatic heterocycles. The Morgan fingerprint density at radius 1 is 1.20 bits per heavy atom. The number of aromatic nitrogens is 4. The Morgan fingerprint density at radius 3 is 2.44 bits per heavy atom. The molecule has 0 N–H and O–H groups in total. The number of rotatable bonds is 3. The van der Waals surface area contributed by atoms with E-state index in [2.05, 4.69) is 37.5 Å². The van der Waals surface area contributed by atoms with Gasteiger partial charge in [0.05, 0.1) is 5.52 Å². The van der Waals surface area contributed by atoms with Crippen LogP contribution in [0, 0.1) is 10.6 Å². The highest BCUT2D eigenvalue weighted by molar-refractivity contribution is 14.1. The van der Waals surface area contributed by atoms with Crippen LogP contribution in [0.1, 0.15) is 31.0 Å². The predicted molar refractivity (Wildman–Crippen MR) is 96.1 cm³/mol. The van der Waals surface area contributed by atoms with Gasteiger partial charge in [-0.05, 0) is 41.5 Å². The first-order chi connectivity index (χ1) is 11.6. The van der Waals surface area contributed by atoms with Gasteiger partial charge in [-0.15, -0.1) is 13.2 Å². The van der Waals surface area contributed by atoms with Crippen molar-refractivity contribution in [2.45, 2.75) is 33.1 Å². The summed E-state index contributed by atoms with van der Waals surface area (Å²) in [5, 5.41) is 9.30. The number of nitrogens with zero attached hydrogens (tertiary/aromatic N) is 4. The maximum absolute atomic E-state index is 12.9. The van der Waals surface area contributed by atoms with Gasteiger partial charge in [0.2, 0.25) is 0 Å². The molecule has 9 heteroatoms. The number of benzene rings is 1. The summed E-state index contributed by atoms with van der Waals surface area (Å²) in [4.78, 5) is 0. The Kier molecular flexibility index (Phi) is 4.46. The summed E-state index contributed by atoms with van der Waals surface area (Å²) < 4.78 is 46.7. The summed E-state index contributed by atoms with van der Waals surface area (Å²) in [6, 6.07) is 2.91. The average Bonchev–Trinajstić information content (AvgIpc) is 2.94. The zero-order chi connectivity index (χ0) is 18.5. The molecule has 0 saturated carbocycles. The van der Waals surface area contributed by atoms with Crippen molar-refractivity contribution in [2.75, 3.05) is 0 Å². The first-order valence-electron chi connectivity index (χ1n) is 7.55. The highest BCUT2D eigenvalue weighted by Gasteiger charge is 2.33. The molecule has 2 heterocycles. The number of aryl methyl sites for hydroxylation is 1. The molecular weight excluding hydrogens is 448 g/mol. The molecule has 0 unspecified atom stereocenters. The monoisotopic (exact) mass is 464 g/mol. The minimum absolute atomic E-state index is 0.203. The van der Waals surface area contributed by atoms with E-state index in [4.69, 9.17) is 0 Å². The Balaban J connectivity index is 2.26. The lowest BCUT2D eigenvalue weighted by Crippen LogP contribution is -2.18. The molecule has 3 rings (SSSR count). The van der Waals surface area contributed by atoms with E-state index in [0.717, 1.165) is 15.0 Å². The molecule has 0 amide bonds. The zero-order valence-electron chi connectivity index (χ0n) is 14.0. The standard InChI is InChI=1S/C16H16F3IN4O/c1-8(2)14-9(3)24(22-15(14)20)12-5-10-7-23(4)21-11(10)6-13(12)25-16(17,18)19/h5-8H,1-4H3. The molecule has 0 spiro atoms. The third kappa shape index (κ3) is 3.46. The lowest BCUT2D eigenvalue weighted by atomic mass is 10.1. The van der Waals surface area contributed by atoms with Crippen LogP contribution in [0.2, 0.25) is 0 Å².